The molecule has 0 aromatic rings. The van der Waals surface area contributed by atoms with Crippen LogP contribution in [0.1, 0.15) is 58.8 Å². The molecular formula is C13H25NOS. The second kappa shape index (κ2) is 7.99. The second-order valence-electron chi connectivity index (χ2n) is 4.56. The summed E-state index contributed by atoms with van der Waals surface area (Å²) in [4.78, 5) is 13.8. The third-order valence-electron chi connectivity index (χ3n) is 3.12. The van der Waals surface area contributed by atoms with Crippen molar-refractivity contribution in [2.75, 3.05) is 12.3 Å². The van der Waals surface area contributed by atoms with Gasteiger partial charge in [-0.15, -0.1) is 11.8 Å². The standard InChI is InChI=1S/C13H25NOS/c1-3-5-7-9-13-14(10-8-6-4-2)12(15)11-16-13/h13H,3-11H2,1-2H3. The highest BCUT2D eigenvalue weighted by Crippen LogP contribution is 2.29. The van der Waals surface area contributed by atoms with Gasteiger partial charge in [-0.3, -0.25) is 4.79 Å². The molecule has 1 amide bonds. The van der Waals surface area contributed by atoms with Gasteiger partial charge in [-0.1, -0.05) is 46.0 Å². The van der Waals surface area contributed by atoms with Crippen LogP contribution in [0.25, 0.3) is 0 Å². The molecule has 0 radical (unpaired) electrons. The number of hydrogen-bond donors (Lipinski definition) is 0. The van der Waals surface area contributed by atoms with Gasteiger partial charge < -0.3 is 4.90 Å². The Balaban J connectivity index is 2.28. The number of carbonyl (C=O) groups is 1. The van der Waals surface area contributed by atoms with E-state index in [2.05, 4.69) is 18.7 Å². The summed E-state index contributed by atoms with van der Waals surface area (Å²) in [6.07, 6.45) is 8.68. The number of hydrogen-bond acceptors (Lipinski definition) is 2. The first-order chi connectivity index (χ1) is 7.79. The zero-order valence-electron chi connectivity index (χ0n) is 10.7. The van der Waals surface area contributed by atoms with Crippen LogP contribution in [0.4, 0.5) is 0 Å². The fourth-order valence-corrected chi connectivity index (χ4v) is 3.35. The van der Waals surface area contributed by atoms with E-state index in [1.165, 1.54) is 44.9 Å². The van der Waals surface area contributed by atoms with Crippen molar-refractivity contribution in [2.24, 2.45) is 0 Å². The quantitative estimate of drug-likeness (QED) is 0.606. The van der Waals surface area contributed by atoms with E-state index < -0.39 is 0 Å². The maximum Gasteiger partial charge on any atom is 0.233 e. The van der Waals surface area contributed by atoms with Gasteiger partial charge in [-0.05, 0) is 12.8 Å². The van der Waals surface area contributed by atoms with Crippen LogP contribution in [-0.4, -0.2) is 28.5 Å². The van der Waals surface area contributed by atoms with E-state index in [-0.39, 0.29) is 0 Å². The molecule has 3 heteroatoms. The summed E-state index contributed by atoms with van der Waals surface area (Å²) in [5, 5.41) is 0.482. The Morgan fingerprint density at radius 1 is 1.19 bits per heavy atom. The number of thioether (sulfide) groups is 1. The minimum Gasteiger partial charge on any atom is -0.330 e. The lowest BCUT2D eigenvalue weighted by Gasteiger charge is -2.23. The summed E-state index contributed by atoms with van der Waals surface area (Å²) < 4.78 is 0. The monoisotopic (exact) mass is 243 g/mol. The molecule has 2 nitrogen and oxygen atoms in total. The molecule has 0 bridgehead atoms. The van der Waals surface area contributed by atoms with Crippen molar-refractivity contribution in [1.82, 2.24) is 4.90 Å². The fourth-order valence-electron chi connectivity index (χ4n) is 2.11. The highest BCUT2D eigenvalue weighted by molar-refractivity contribution is 8.00. The van der Waals surface area contributed by atoms with Crippen molar-refractivity contribution in [3.63, 3.8) is 0 Å². The molecule has 1 unspecified atom stereocenters. The summed E-state index contributed by atoms with van der Waals surface area (Å²) >= 11 is 1.84. The molecule has 0 aromatic heterocycles. The molecule has 0 spiro atoms. The number of amides is 1. The Morgan fingerprint density at radius 2 is 1.88 bits per heavy atom. The van der Waals surface area contributed by atoms with Gasteiger partial charge in [0.05, 0.1) is 11.1 Å². The Bertz CT molecular complexity index is 208. The third-order valence-corrected chi connectivity index (χ3v) is 4.41. The minimum atomic E-state index is 0.364. The van der Waals surface area contributed by atoms with Gasteiger partial charge in [0.25, 0.3) is 0 Å². The second-order valence-corrected chi connectivity index (χ2v) is 5.72. The van der Waals surface area contributed by atoms with Crippen LogP contribution in [0.15, 0.2) is 0 Å². The summed E-state index contributed by atoms with van der Waals surface area (Å²) in [6.45, 7) is 5.42. The molecule has 1 aliphatic rings. The van der Waals surface area contributed by atoms with Gasteiger partial charge in [-0.2, -0.15) is 0 Å². The fraction of sp³-hybridized carbons (Fsp3) is 0.923. The normalized spacial score (nSPS) is 20.8. The minimum absolute atomic E-state index is 0.364. The molecule has 94 valence electrons. The first-order valence-corrected chi connectivity index (χ1v) is 7.75. The molecule has 1 heterocycles. The first kappa shape index (κ1) is 13.9. The lowest BCUT2D eigenvalue weighted by atomic mass is 10.2. The highest BCUT2D eigenvalue weighted by atomic mass is 32.2. The topological polar surface area (TPSA) is 20.3 Å². The van der Waals surface area contributed by atoms with Gasteiger partial charge in [0, 0.05) is 6.54 Å². The molecule has 1 atom stereocenters. The SMILES string of the molecule is CCCCCC1SCC(=O)N1CCCCC. The summed E-state index contributed by atoms with van der Waals surface area (Å²) in [7, 11) is 0. The van der Waals surface area contributed by atoms with Crippen LogP contribution in [-0.2, 0) is 4.79 Å². The number of carbonyl (C=O) groups excluding carboxylic acids is 1. The van der Waals surface area contributed by atoms with Gasteiger partial charge >= 0.3 is 0 Å². The Morgan fingerprint density at radius 3 is 2.56 bits per heavy atom. The average Bonchev–Trinajstić information content (AvgIpc) is 2.62. The van der Waals surface area contributed by atoms with E-state index in [9.17, 15) is 4.79 Å². The molecule has 0 N–H and O–H groups in total. The highest BCUT2D eigenvalue weighted by Gasteiger charge is 2.30. The molecule has 1 fully saturated rings. The molecule has 1 aliphatic heterocycles. The van der Waals surface area contributed by atoms with Crippen LogP contribution in [0.3, 0.4) is 0 Å². The van der Waals surface area contributed by atoms with E-state index in [1.54, 1.807) is 0 Å². The number of unbranched alkanes of at least 4 members (excludes halogenated alkanes) is 4. The molecule has 1 saturated heterocycles. The third kappa shape index (κ3) is 4.36. The molecular weight excluding hydrogens is 218 g/mol. The maximum absolute atomic E-state index is 11.7. The predicted molar refractivity (Wildman–Crippen MR) is 71.6 cm³/mol. The summed E-state index contributed by atoms with van der Waals surface area (Å²) in [5.41, 5.74) is 0. The van der Waals surface area contributed by atoms with Crippen molar-refractivity contribution in [2.45, 2.75) is 64.2 Å². The smallest absolute Gasteiger partial charge is 0.233 e. The Hall–Kier alpha value is -0.180. The van der Waals surface area contributed by atoms with E-state index in [0.717, 1.165) is 6.54 Å². The lowest BCUT2D eigenvalue weighted by Crippen LogP contribution is -2.33. The first-order valence-electron chi connectivity index (χ1n) is 6.70. The largest absolute Gasteiger partial charge is 0.330 e. The van der Waals surface area contributed by atoms with E-state index in [1.807, 2.05) is 11.8 Å². The number of rotatable bonds is 8. The van der Waals surface area contributed by atoms with E-state index in [4.69, 9.17) is 0 Å². The number of nitrogens with zero attached hydrogens (tertiary/aromatic N) is 1. The summed E-state index contributed by atoms with van der Waals surface area (Å²) in [5.74, 6) is 1.07. The Kier molecular flexibility index (Phi) is 6.93. The van der Waals surface area contributed by atoms with Crippen LogP contribution in [0.2, 0.25) is 0 Å². The van der Waals surface area contributed by atoms with Gasteiger partial charge in [0.1, 0.15) is 0 Å². The van der Waals surface area contributed by atoms with Crippen LogP contribution in [0.5, 0.6) is 0 Å². The molecule has 0 aliphatic carbocycles. The van der Waals surface area contributed by atoms with E-state index >= 15 is 0 Å². The van der Waals surface area contributed by atoms with Crippen LogP contribution in [0, 0.1) is 0 Å². The van der Waals surface area contributed by atoms with Gasteiger partial charge in [0.2, 0.25) is 5.91 Å². The lowest BCUT2D eigenvalue weighted by molar-refractivity contribution is -0.128. The van der Waals surface area contributed by atoms with Crippen molar-refractivity contribution in [3.8, 4) is 0 Å². The maximum atomic E-state index is 11.7. The Labute approximate surface area is 104 Å². The van der Waals surface area contributed by atoms with Crippen LogP contribution >= 0.6 is 11.8 Å². The van der Waals surface area contributed by atoms with Crippen molar-refractivity contribution in [1.29, 1.82) is 0 Å². The molecule has 0 saturated carbocycles. The molecule has 0 aromatic carbocycles. The molecule has 1 rings (SSSR count). The van der Waals surface area contributed by atoms with Crippen molar-refractivity contribution in [3.05, 3.63) is 0 Å². The van der Waals surface area contributed by atoms with Gasteiger partial charge in [0.15, 0.2) is 0 Å². The van der Waals surface area contributed by atoms with Crippen molar-refractivity contribution < 1.29 is 4.79 Å². The zero-order chi connectivity index (χ0) is 11.8. The predicted octanol–water partition coefficient (Wildman–Crippen LogP) is 3.66. The van der Waals surface area contributed by atoms with Crippen LogP contribution < -0.4 is 0 Å². The van der Waals surface area contributed by atoms with E-state index in [0.29, 0.717) is 17.0 Å². The van der Waals surface area contributed by atoms with Crippen molar-refractivity contribution >= 4 is 17.7 Å². The molecule has 16 heavy (non-hydrogen) atoms. The summed E-state index contributed by atoms with van der Waals surface area (Å²) in [6, 6.07) is 0. The van der Waals surface area contributed by atoms with Gasteiger partial charge in [-0.25, -0.2) is 0 Å². The zero-order valence-corrected chi connectivity index (χ0v) is 11.5. The average molecular weight is 243 g/mol.